The number of hydrogen-bond donors (Lipinski definition) is 0. The lowest BCUT2D eigenvalue weighted by Crippen LogP contribution is -2.30. The van der Waals surface area contributed by atoms with E-state index in [9.17, 15) is 14.4 Å². The number of carbonyl (C=O) groups is 3. The van der Waals surface area contributed by atoms with Gasteiger partial charge in [0, 0.05) is 19.3 Å². The van der Waals surface area contributed by atoms with E-state index in [-0.39, 0.29) is 31.1 Å². The zero-order chi connectivity index (χ0) is 43.7. The molecule has 0 amide bonds. The van der Waals surface area contributed by atoms with Crippen molar-refractivity contribution < 1.29 is 28.6 Å². The third-order valence-electron chi connectivity index (χ3n) is 10.9. The van der Waals surface area contributed by atoms with Crippen molar-refractivity contribution in [3.8, 4) is 0 Å². The van der Waals surface area contributed by atoms with E-state index in [1.807, 2.05) is 24.3 Å². The first kappa shape index (κ1) is 57.1. The average molecular weight is 839 g/mol. The van der Waals surface area contributed by atoms with Gasteiger partial charge >= 0.3 is 17.9 Å². The van der Waals surface area contributed by atoms with Crippen LogP contribution >= 0.6 is 0 Å². The number of hydrogen-bond acceptors (Lipinski definition) is 6. The molecular weight excluding hydrogens is 745 g/mol. The zero-order valence-corrected chi connectivity index (χ0v) is 39.5. The number of esters is 3. The van der Waals surface area contributed by atoms with Crippen molar-refractivity contribution in [1.29, 1.82) is 0 Å². The molecule has 0 fully saturated rings. The maximum absolute atomic E-state index is 12.8. The van der Waals surface area contributed by atoms with E-state index in [0.717, 1.165) is 83.5 Å². The maximum atomic E-state index is 12.8. The largest absolute Gasteiger partial charge is 0.462 e. The van der Waals surface area contributed by atoms with Crippen molar-refractivity contribution in [2.45, 2.75) is 252 Å². The molecule has 0 saturated carbocycles. The molecule has 0 aliphatic rings. The second-order valence-electron chi connectivity index (χ2n) is 16.9. The summed E-state index contributed by atoms with van der Waals surface area (Å²) in [5.41, 5.74) is 0. The molecule has 0 aliphatic carbocycles. The van der Waals surface area contributed by atoms with E-state index in [4.69, 9.17) is 14.2 Å². The van der Waals surface area contributed by atoms with Crippen LogP contribution in [0, 0.1) is 0 Å². The highest BCUT2D eigenvalue weighted by atomic mass is 16.6. The number of carbonyl (C=O) groups excluding carboxylic acids is 3. The van der Waals surface area contributed by atoms with Crippen LogP contribution in [-0.4, -0.2) is 37.2 Å². The van der Waals surface area contributed by atoms with Gasteiger partial charge in [-0.2, -0.15) is 0 Å². The Bertz CT molecular complexity index is 1100. The van der Waals surface area contributed by atoms with Crippen LogP contribution in [-0.2, 0) is 28.6 Å². The molecule has 0 aromatic carbocycles. The molecule has 0 rings (SSSR count). The lowest BCUT2D eigenvalue weighted by Gasteiger charge is -2.18. The van der Waals surface area contributed by atoms with Crippen molar-refractivity contribution in [2.24, 2.45) is 0 Å². The second kappa shape index (κ2) is 48.8. The van der Waals surface area contributed by atoms with Crippen molar-refractivity contribution in [3.63, 3.8) is 0 Å². The summed E-state index contributed by atoms with van der Waals surface area (Å²) in [5, 5.41) is 0. The van der Waals surface area contributed by atoms with E-state index < -0.39 is 6.10 Å². The van der Waals surface area contributed by atoms with Crippen LogP contribution < -0.4 is 0 Å². The highest BCUT2D eigenvalue weighted by Gasteiger charge is 2.19. The summed E-state index contributed by atoms with van der Waals surface area (Å²) in [7, 11) is 0. The van der Waals surface area contributed by atoms with Gasteiger partial charge in [0.1, 0.15) is 13.2 Å². The first-order chi connectivity index (χ1) is 29.5. The quantitative estimate of drug-likeness (QED) is 0.0263. The Morgan fingerprint density at radius 3 is 1.00 bits per heavy atom. The van der Waals surface area contributed by atoms with Gasteiger partial charge in [0.2, 0.25) is 0 Å². The van der Waals surface area contributed by atoms with Crippen molar-refractivity contribution in [3.05, 3.63) is 60.8 Å². The van der Waals surface area contributed by atoms with Crippen LogP contribution in [0.2, 0.25) is 0 Å². The van der Waals surface area contributed by atoms with Crippen LogP contribution in [0.1, 0.15) is 245 Å². The molecule has 1 unspecified atom stereocenters. The van der Waals surface area contributed by atoms with Crippen molar-refractivity contribution in [2.75, 3.05) is 13.2 Å². The Morgan fingerprint density at radius 2 is 0.633 bits per heavy atom. The summed E-state index contributed by atoms with van der Waals surface area (Å²) >= 11 is 0. The lowest BCUT2D eigenvalue weighted by atomic mass is 10.0. The minimum Gasteiger partial charge on any atom is -0.462 e. The number of unbranched alkanes of at least 4 members (excludes halogenated alkanes) is 28. The minimum atomic E-state index is -0.779. The molecule has 0 heterocycles. The van der Waals surface area contributed by atoms with Gasteiger partial charge in [-0.15, -0.1) is 0 Å². The highest BCUT2D eigenvalue weighted by molar-refractivity contribution is 5.71. The number of allylic oxidation sites excluding steroid dienone is 10. The smallest absolute Gasteiger partial charge is 0.306 e. The maximum Gasteiger partial charge on any atom is 0.306 e. The molecule has 0 saturated heterocycles. The van der Waals surface area contributed by atoms with E-state index >= 15 is 0 Å². The third kappa shape index (κ3) is 46.2. The van der Waals surface area contributed by atoms with E-state index in [2.05, 4.69) is 57.2 Å². The van der Waals surface area contributed by atoms with Crippen LogP contribution in [0.4, 0.5) is 0 Å². The molecule has 0 aromatic heterocycles. The molecule has 0 radical (unpaired) electrons. The van der Waals surface area contributed by atoms with Gasteiger partial charge in [-0.25, -0.2) is 0 Å². The lowest BCUT2D eigenvalue weighted by molar-refractivity contribution is -0.167. The summed E-state index contributed by atoms with van der Waals surface area (Å²) in [6.07, 6.45) is 59.1. The Balaban J connectivity index is 4.37. The van der Waals surface area contributed by atoms with Gasteiger partial charge in [0.05, 0.1) is 0 Å². The number of ether oxygens (including phenoxy) is 3. The summed E-state index contributed by atoms with van der Waals surface area (Å²) in [4.78, 5) is 37.9. The van der Waals surface area contributed by atoms with Gasteiger partial charge in [-0.05, 0) is 38.5 Å². The topological polar surface area (TPSA) is 78.9 Å². The predicted octanol–water partition coefficient (Wildman–Crippen LogP) is 16.5. The fourth-order valence-electron chi connectivity index (χ4n) is 7.06. The van der Waals surface area contributed by atoms with Gasteiger partial charge < -0.3 is 14.2 Å². The SMILES string of the molecule is CCC\C=C/C=C\C=C/C=C\C=C/CCCCCCCC(=O)OCC(COC(=O)CCCCCCCCCCC)OC(=O)CCCCCCCCCCCCCCCCC. The Kier molecular flexibility index (Phi) is 46.4. The van der Waals surface area contributed by atoms with Gasteiger partial charge in [-0.1, -0.05) is 248 Å². The molecule has 0 spiro atoms. The minimum absolute atomic E-state index is 0.0799. The second-order valence-corrected chi connectivity index (χ2v) is 16.9. The fraction of sp³-hybridized carbons (Fsp3) is 0.759. The molecule has 6 heteroatoms. The monoisotopic (exact) mass is 839 g/mol. The van der Waals surface area contributed by atoms with Crippen LogP contribution in [0.25, 0.3) is 0 Å². The fourth-order valence-corrected chi connectivity index (χ4v) is 7.06. The van der Waals surface area contributed by atoms with E-state index in [1.165, 1.54) is 122 Å². The van der Waals surface area contributed by atoms with Gasteiger partial charge in [-0.3, -0.25) is 14.4 Å². The standard InChI is InChI=1S/C54H94O6/c1-4-7-10-13-16-19-21-23-25-26-27-29-30-32-35-38-41-44-47-53(56)59-50-51(49-58-52(55)46-43-40-37-34-18-15-12-9-6-3)60-54(57)48-45-42-39-36-33-31-28-24-22-20-17-14-11-8-5-2/h10,13,16,19,21,23,25-27,29,51H,4-9,11-12,14-15,17-18,20,22,24,28,30-50H2,1-3H3/b13-10-,19-16-,23-21-,26-25-,29-27-. The predicted molar refractivity (Wildman–Crippen MR) is 256 cm³/mol. The van der Waals surface area contributed by atoms with E-state index in [0.29, 0.717) is 19.3 Å². The normalized spacial score (nSPS) is 12.5. The molecular formula is C54H94O6. The van der Waals surface area contributed by atoms with Crippen LogP contribution in [0.5, 0.6) is 0 Å². The van der Waals surface area contributed by atoms with Crippen molar-refractivity contribution in [1.82, 2.24) is 0 Å². The van der Waals surface area contributed by atoms with Crippen molar-refractivity contribution >= 4 is 17.9 Å². The molecule has 0 N–H and O–H groups in total. The van der Waals surface area contributed by atoms with E-state index in [1.54, 1.807) is 0 Å². The van der Waals surface area contributed by atoms with Gasteiger partial charge in [0.15, 0.2) is 6.10 Å². The summed E-state index contributed by atoms with van der Waals surface area (Å²) < 4.78 is 16.7. The first-order valence-corrected chi connectivity index (χ1v) is 25.4. The molecule has 0 aromatic rings. The Morgan fingerprint density at radius 1 is 0.333 bits per heavy atom. The molecule has 346 valence electrons. The Labute approximate surface area is 370 Å². The molecule has 0 bridgehead atoms. The molecule has 60 heavy (non-hydrogen) atoms. The van der Waals surface area contributed by atoms with Crippen LogP contribution in [0.3, 0.4) is 0 Å². The van der Waals surface area contributed by atoms with Gasteiger partial charge in [0.25, 0.3) is 0 Å². The molecule has 1 atom stereocenters. The third-order valence-corrected chi connectivity index (χ3v) is 10.9. The summed E-state index contributed by atoms with van der Waals surface area (Å²) in [6.45, 7) is 6.52. The number of rotatable bonds is 45. The average Bonchev–Trinajstić information content (AvgIpc) is 3.24. The molecule has 6 nitrogen and oxygen atoms in total. The summed E-state index contributed by atoms with van der Waals surface area (Å²) in [5.74, 6) is -0.903. The summed E-state index contributed by atoms with van der Waals surface area (Å²) in [6, 6.07) is 0. The first-order valence-electron chi connectivity index (χ1n) is 25.4. The zero-order valence-electron chi connectivity index (χ0n) is 39.5. The van der Waals surface area contributed by atoms with Crippen LogP contribution in [0.15, 0.2) is 60.8 Å². The molecule has 0 aliphatic heterocycles. The highest BCUT2D eigenvalue weighted by Crippen LogP contribution is 2.15. The Hall–Kier alpha value is -2.89.